The van der Waals surface area contributed by atoms with Crippen molar-refractivity contribution in [2.45, 2.75) is 6.92 Å². The van der Waals surface area contributed by atoms with Crippen LogP contribution in [0, 0.1) is 17.2 Å². The minimum absolute atomic E-state index is 0.535. The Morgan fingerprint density at radius 1 is 2.00 bits per heavy atom. The molecule has 0 saturated carbocycles. The Balaban J connectivity index is 3.68. The van der Waals surface area contributed by atoms with Crippen LogP contribution in [0.5, 0.6) is 0 Å². The van der Waals surface area contributed by atoms with Crippen molar-refractivity contribution in [3.8, 4) is 6.07 Å². The van der Waals surface area contributed by atoms with Crippen LogP contribution in [0.3, 0.4) is 0 Å². The second-order valence-corrected chi connectivity index (χ2v) is 1.60. The summed E-state index contributed by atoms with van der Waals surface area (Å²) >= 11 is 2.06. The number of carbonyl (C=O) groups excluding carboxylic acids is 1. The van der Waals surface area contributed by atoms with Crippen LogP contribution in [0.1, 0.15) is 6.92 Å². The van der Waals surface area contributed by atoms with Crippen LogP contribution in [-0.4, -0.2) is 22.3 Å². The van der Waals surface area contributed by atoms with Gasteiger partial charge in [-0.1, -0.05) is 0 Å². The van der Waals surface area contributed by atoms with Gasteiger partial charge in [0.25, 0.3) is 0 Å². The average Bonchev–Trinajstić information content (AvgIpc) is 1.84. The van der Waals surface area contributed by atoms with E-state index in [2.05, 4.69) is 20.2 Å². The van der Waals surface area contributed by atoms with Gasteiger partial charge in [0, 0.05) is 0 Å². The summed E-state index contributed by atoms with van der Waals surface area (Å²) in [5, 5.41) is 8.07. The van der Waals surface area contributed by atoms with Gasteiger partial charge < -0.3 is 0 Å². The maximum absolute atomic E-state index is 10.3. The van der Waals surface area contributed by atoms with Gasteiger partial charge in [-0.25, -0.2) is 0 Å². The van der Waals surface area contributed by atoms with E-state index in [1.165, 1.54) is 6.92 Å². The van der Waals surface area contributed by atoms with Gasteiger partial charge in [0.15, 0.2) is 0 Å². The van der Waals surface area contributed by atoms with Gasteiger partial charge in [-0.05, 0) is 0 Å². The summed E-state index contributed by atoms with van der Waals surface area (Å²) in [6.07, 6.45) is 0. The summed E-state index contributed by atoms with van der Waals surface area (Å²) in [5.41, 5.74) is 0. The van der Waals surface area contributed by atoms with Gasteiger partial charge in [0.05, 0.1) is 0 Å². The summed E-state index contributed by atoms with van der Waals surface area (Å²) in [6, 6.07) is 1.72. The zero-order chi connectivity index (χ0) is 6.57. The number of carbonyl (C=O) groups is 1. The molecule has 0 spiro atoms. The number of hydrogen-bond donors (Lipinski definition) is 0. The van der Waals surface area contributed by atoms with E-state index in [0.717, 1.165) is 0 Å². The molecule has 0 aromatic heterocycles. The van der Waals surface area contributed by atoms with Crippen molar-refractivity contribution in [1.82, 2.24) is 0 Å². The van der Waals surface area contributed by atoms with Gasteiger partial charge in [-0.2, -0.15) is 0 Å². The molecule has 0 saturated heterocycles. The van der Waals surface area contributed by atoms with Gasteiger partial charge in [0.2, 0.25) is 0 Å². The first kappa shape index (κ1) is 7.48. The van der Waals surface area contributed by atoms with Crippen molar-refractivity contribution >= 4 is 22.3 Å². The van der Waals surface area contributed by atoms with Crippen molar-refractivity contribution in [2.24, 2.45) is 5.92 Å². The Morgan fingerprint density at radius 2 is 2.50 bits per heavy atom. The molecular formula is C4H4NO2Se. The third-order valence-electron chi connectivity index (χ3n) is 0.629. The fourth-order valence-electron chi connectivity index (χ4n) is 0.125. The van der Waals surface area contributed by atoms with Crippen molar-refractivity contribution < 1.29 is 8.61 Å². The molecule has 1 unspecified atom stereocenters. The van der Waals surface area contributed by atoms with Gasteiger partial charge in [-0.15, -0.1) is 0 Å². The van der Waals surface area contributed by atoms with Crippen molar-refractivity contribution in [1.29, 1.82) is 5.26 Å². The summed E-state index contributed by atoms with van der Waals surface area (Å²) < 4.78 is 4.12. The normalized spacial score (nSPS) is 11.6. The van der Waals surface area contributed by atoms with Crippen LogP contribution in [0.15, 0.2) is 0 Å². The average molecular weight is 177 g/mol. The maximum atomic E-state index is 10.3. The second kappa shape index (κ2) is 3.48. The molecule has 1 radical (unpaired) electrons. The van der Waals surface area contributed by atoms with E-state index in [-0.39, 0.29) is 0 Å². The van der Waals surface area contributed by atoms with Crippen molar-refractivity contribution in [2.75, 3.05) is 0 Å². The third-order valence-corrected chi connectivity index (χ3v) is 0.974. The predicted molar refractivity (Wildman–Crippen MR) is 26.6 cm³/mol. The summed E-state index contributed by atoms with van der Waals surface area (Å²) in [5.74, 6) is -1.20. The molecule has 3 nitrogen and oxygen atoms in total. The van der Waals surface area contributed by atoms with Crippen LogP contribution >= 0.6 is 0 Å². The Labute approximate surface area is 55.8 Å². The fraction of sp³-hybridized carbons (Fsp3) is 0.500. The predicted octanol–water partition coefficient (Wildman–Crippen LogP) is -0.227. The molecule has 0 aromatic rings. The second-order valence-electron chi connectivity index (χ2n) is 1.25. The van der Waals surface area contributed by atoms with E-state index in [1.807, 2.05) is 0 Å². The third kappa shape index (κ3) is 1.97. The van der Waals surface area contributed by atoms with Crippen molar-refractivity contribution in [3.05, 3.63) is 0 Å². The molecule has 1 atom stereocenters. The minimum atomic E-state index is -0.670. The van der Waals surface area contributed by atoms with E-state index < -0.39 is 11.9 Å². The molecule has 0 fully saturated rings. The summed E-state index contributed by atoms with van der Waals surface area (Å²) in [6.45, 7) is 1.47. The van der Waals surface area contributed by atoms with Gasteiger partial charge in [-0.3, -0.25) is 0 Å². The van der Waals surface area contributed by atoms with E-state index in [1.54, 1.807) is 6.07 Å². The van der Waals surface area contributed by atoms with Gasteiger partial charge >= 0.3 is 55.1 Å². The molecule has 0 N–H and O–H groups in total. The molecule has 0 bridgehead atoms. The van der Waals surface area contributed by atoms with E-state index in [9.17, 15) is 4.79 Å². The van der Waals surface area contributed by atoms with Crippen LogP contribution in [-0.2, 0) is 8.61 Å². The Bertz CT molecular complexity index is 128. The SMILES string of the molecule is CC(C#N)C(=O)O[Se]. The van der Waals surface area contributed by atoms with Gasteiger partial charge in [0.1, 0.15) is 0 Å². The standard InChI is InChI=1S/C4H4NO2Se/c1-3(2-5)4(6)7-8/h3H,1H3. The van der Waals surface area contributed by atoms with E-state index in [4.69, 9.17) is 5.26 Å². The van der Waals surface area contributed by atoms with Crippen LogP contribution < -0.4 is 0 Å². The van der Waals surface area contributed by atoms with E-state index in [0.29, 0.717) is 0 Å². The van der Waals surface area contributed by atoms with Crippen LogP contribution in [0.4, 0.5) is 0 Å². The van der Waals surface area contributed by atoms with Crippen LogP contribution in [0.25, 0.3) is 0 Å². The molecule has 0 aliphatic rings. The molecule has 0 aliphatic heterocycles. The molecule has 0 rings (SSSR count). The molecule has 4 heteroatoms. The number of hydrogen-bond acceptors (Lipinski definition) is 3. The molecular weight excluding hydrogens is 173 g/mol. The number of nitrogens with zero attached hydrogens (tertiary/aromatic N) is 1. The molecule has 43 valence electrons. The molecule has 0 aromatic carbocycles. The monoisotopic (exact) mass is 178 g/mol. The number of nitriles is 1. The first-order valence-corrected chi connectivity index (χ1v) is 2.65. The number of rotatable bonds is 1. The first-order chi connectivity index (χ1) is 3.72. The van der Waals surface area contributed by atoms with Crippen molar-refractivity contribution in [3.63, 3.8) is 0 Å². The zero-order valence-electron chi connectivity index (χ0n) is 4.25. The molecule has 0 aliphatic carbocycles. The molecule has 0 amide bonds. The Hall–Kier alpha value is -0.521. The Morgan fingerprint density at radius 3 is 2.62 bits per heavy atom. The fourth-order valence-corrected chi connectivity index (χ4v) is 0.428. The first-order valence-electron chi connectivity index (χ1n) is 1.95. The topological polar surface area (TPSA) is 50.1 Å². The molecule has 8 heavy (non-hydrogen) atoms. The summed E-state index contributed by atoms with van der Waals surface area (Å²) in [4.78, 5) is 10.3. The zero-order valence-corrected chi connectivity index (χ0v) is 5.96. The summed E-state index contributed by atoms with van der Waals surface area (Å²) in [7, 11) is 0. The Kier molecular flexibility index (Phi) is 3.25. The van der Waals surface area contributed by atoms with Crippen LogP contribution in [0.2, 0.25) is 0 Å². The quantitative estimate of drug-likeness (QED) is 0.520. The molecule has 0 heterocycles. The van der Waals surface area contributed by atoms with E-state index >= 15 is 0 Å².